The van der Waals surface area contributed by atoms with E-state index in [1.807, 2.05) is 24.0 Å². The molecule has 1 saturated heterocycles. The maximum atomic E-state index is 12.8. The number of nitrogens with one attached hydrogen (secondary N) is 1. The Labute approximate surface area is 241 Å². The Morgan fingerprint density at radius 3 is 2.62 bits per heavy atom. The van der Waals surface area contributed by atoms with E-state index in [4.69, 9.17) is 67.3 Å². The number of alkyl halides is 3. The van der Waals surface area contributed by atoms with Gasteiger partial charge in [0.25, 0.3) is 21.5 Å². The van der Waals surface area contributed by atoms with Gasteiger partial charge < -0.3 is 19.5 Å². The first-order chi connectivity index (χ1) is 17.6. The Hall–Kier alpha value is -1.90. The zero-order valence-corrected chi connectivity index (χ0v) is 23.7. The molecule has 1 amide bonds. The van der Waals surface area contributed by atoms with Crippen LogP contribution in [0.2, 0.25) is 10.0 Å². The standard InChI is InChI=1S/C25H25Cl5N4O3.H2/c1-15-2-3-18(12-21(15)36-11-8-17-4-5-19(26)13-20(17)27)22(35)31-14-16-6-9-34(10-7-16)24-32-23(37-33-24)25(28,29)30;/h2-5,12-13,16H,6-11,14H2,1H3,(H,31,35);1H. The normalized spacial score (nSPS) is 14.6. The molecule has 37 heavy (non-hydrogen) atoms. The number of piperidine rings is 1. The van der Waals surface area contributed by atoms with Gasteiger partial charge in [-0.25, -0.2) is 0 Å². The monoisotopic (exact) mass is 606 g/mol. The van der Waals surface area contributed by atoms with Crippen LogP contribution in [-0.4, -0.2) is 42.3 Å². The number of anilines is 1. The van der Waals surface area contributed by atoms with E-state index in [-0.39, 0.29) is 13.2 Å². The van der Waals surface area contributed by atoms with Crippen molar-refractivity contribution in [1.82, 2.24) is 15.5 Å². The van der Waals surface area contributed by atoms with Gasteiger partial charge in [0.15, 0.2) is 0 Å². The van der Waals surface area contributed by atoms with Crippen LogP contribution < -0.4 is 15.0 Å². The van der Waals surface area contributed by atoms with Crippen LogP contribution in [0.4, 0.5) is 5.95 Å². The Kier molecular flexibility index (Phi) is 9.35. The maximum Gasteiger partial charge on any atom is 0.280 e. The summed E-state index contributed by atoms with van der Waals surface area (Å²) in [5, 5.41) is 8.15. The summed E-state index contributed by atoms with van der Waals surface area (Å²) in [6.45, 7) is 4.35. The zero-order chi connectivity index (χ0) is 26.6. The minimum Gasteiger partial charge on any atom is -0.493 e. The number of hydrogen-bond donors (Lipinski definition) is 1. The summed E-state index contributed by atoms with van der Waals surface area (Å²) in [5.74, 6) is 1.19. The zero-order valence-electron chi connectivity index (χ0n) is 19.9. The number of ether oxygens (including phenoxy) is 1. The summed E-state index contributed by atoms with van der Waals surface area (Å²) in [5.41, 5.74) is 2.45. The lowest BCUT2D eigenvalue weighted by Gasteiger charge is -2.30. The largest absolute Gasteiger partial charge is 0.493 e. The second-order valence-electron chi connectivity index (χ2n) is 8.85. The molecule has 2 heterocycles. The number of aromatic nitrogens is 2. The Morgan fingerprint density at radius 1 is 1.19 bits per heavy atom. The first-order valence-corrected chi connectivity index (χ1v) is 13.6. The molecule has 0 unspecified atom stereocenters. The molecule has 0 bridgehead atoms. The van der Waals surface area contributed by atoms with Gasteiger partial charge in [0.2, 0.25) is 0 Å². The van der Waals surface area contributed by atoms with E-state index in [1.54, 1.807) is 24.3 Å². The minimum absolute atomic E-state index is 0. The van der Waals surface area contributed by atoms with Crippen LogP contribution in [0.1, 0.15) is 41.6 Å². The number of rotatable bonds is 8. The van der Waals surface area contributed by atoms with Crippen molar-refractivity contribution in [3.63, 3.8) is 0 Å². The molecule has 0 spiro atoms. The number of halogens is 5. The Bertz CT molecular complexity index is 1250. The number of aryl methyl sites for hydroxylation is 1. The predicted molar refractivity (Wildman–Crippen MR) is 150 cm³/mol. The fourth-order valence-corrected chi connectivity index (χ4v) is 4.76. The van der Waals surface area contributed by atoms with Gasteiger partial charge in [-0.2, -0.15) is 4.98 Å². The van der Waals surface area contributed by atoms with Crippen molar-refractivity contribution in [3.8, 4) is 5.75 Å². The molecular formula is C25H27Cl5N4O3. The number of nitrogens with zero attached hydrogens (tertiary/aromatic N) is 3. The van der Waals surface area contributed by atoms with E-state index in [0.29, 0.717) is 65.9 Å². The van der Waals surface area contributed by atoms with Crippen LogP contribution in [-0.2, 0) is 10.2 Å². The van der Waals surface area contributed by atoms with Gasteiger partial charge in [-0.15, -0.1) is 0 Å². The van der Waals surface area contributed by atoms with Gasteiger partial charge in [-0.1, -0.05) is 70.1 Å². The number of carbonyl (C=O) groups excluding carboxylic acids is 1. The van der Waals surface area contributed by atoms with Gasteiger partial charge in [-0.3, -0.25) is 4.79 Å². The minimum atomic E-state index is -1.75. The fraction of sp³-hybridized carbons (Fsp3) is 0.400. The molecule has 3 aromatic rings. The van der Waals surface area contributed by atoms with Gasteiger partial charge in [0.05, 0.1) is 6.61 Å². The molecule has 1 N–H and O–H groups in total. The summed E-state index contributed by atoms with van der Waals surface area (Å²) in [6.07, 6.45) is 2.33. The van der Waals surface area contributed by atoms with Crippen molar-refractivity contribution in [3.05, 3.63) is 69.0 Å². The quantitative estimate of drug-likeness (QED) is 0.277. The highest BCUT2D eigenvalue weighted by Gasteiger charge is 2.32. The molecule has 1 fully saturated rings. The predicted octanol–water partition coefficient (Wildman–Crippen LogP) is 7.03. The molecule has 4 rings (SSSR count). The molecule has 7 nitrogen and oxygen atoms in total. The van der Waals surface area contributed by atoms with E-state index >= 15 is 0 Å². The number of carbonyl (C=O) groups is 1. The topological polar surface area (TPSA) is 80.5 Å². The van der Waals surface area contributed by atoms with Gasteiger partial charge >= 0.3 is 0 Å². The van der Waals surface area contributed by atoms with E-state index in [2.05, 4.69) is 15.5 Å². The number of hydrogen-bond acceptors (Lipinski definition) is 6. The third-order valence-corrected chi connectivity index (χ3v) is 7.27. The van der Waals surface area contributed by atoms with Gasteiger partial charge in [-0.05, 0) is 66.2 Å². The van der Waals surface area contributed by atoms with E-state index in [9.17, 15) is 4.79 Å². The van der Waals surface area contributed by atoms with E-state index < -0.39 is 3.79 Å². The summed E-state index contributed by atoms with van der Waals surface area (Å²) in [4.78, 5) is 19.0. The highest BCUT2D eigenvalue weighted by atomic mass is 35.6. The average molecular weight is 609 g/mol. The Morgan fingerprint density at radius 2 is 1.95 bits per heavy atom. The van der Waals surface area contributed by atoms with Crippen LogP contribution in [0.5, 0.6) is 5.75 Å². The fourth-order valence-electron chi connectivity index (χ4n) is 4.03. The van der Waals surface area contributed by atoms with Crippen molar-refractivity contribution in [2.75, 3.05) is 31.1 Å². The maximum absolute atomic E-state index is 12.8. The Balaban J connectivity index is 0.00000400. The molecule has 1 aromatic heterocycles. The number of amides is 1. The van der Waals surface area contributed by atoms with Crippen LogP contribution in [0.3, 0.4) is 0 Å². The van der Waals surface area contributed by atoms with Crippen molar-refractivity contribution in [2.24, 2.45) is 5.92 Å². The van der Waals surface area contributed by atoms with Crippen LogP contribution in [0.15, 0.2) is 40.9 Å². The lowest BCUT2D eigenvalue weighted by Crippen LogP contribution is -2.39. The molecular weight excluding hydrogens is 582 g/mol. The average Bonchev–Trinajstić information content (AvgIpc) is 3.36. The highest BCUT2D eigenvalue weighted by molar-refractivity contribution is 6.66. The van der Waals surface area contributed by atoms with Gasteiger partial charge in [0.1, 0.15) is 5.75 Å². The molecule has 0 atom stereocenters. The van der Waals surface area contributed by atoms with E-state index in [1.165, 1.54) is 0 Å². The van der Waals surface area contributed by atoms with Crippen molar-refractivity contribution >= 4 is 69.9 Å². The molecule has 0 radical (unpaired) electrons. The third kappa shape index (κ3) is 7.58. The first-order valence-electron chi connectivity index (χ1n) is 11.7. The molecule has 2 aromatic carbocycles. The first kappa shape index (κ1) is 28.1. The lowest BCUT2D eigenvalue weighted by molar-refractivity contribution is 0.0944. The number of benzene rings is 2. The van der Waals surface area contributed by atoms with Crippen molar-refractivity contribution < 1.29 is 15.5 Å². The molecule has 200 valence electrons. The molecule has 0 aliphatic carbocycles. The summed E-state index contributed by atoms with van der Waals surface area (Å²) in [6, 6.07) is 10.9. The molecule has 1 aliphatic rings. The summed E-state index contributed by atoms with van der Waals surface area (Å²) < 4.78 is 9.25. The van der Waals surface area contributed by atoms with Crippen molar-refractivity contribution in [2.45, 2.75) is 30.0 Å². The molecule has 12 heteroatoms. The molecule has 1 aliphatic heterocycles. The van der Waals surface area contributed by atoms with Crippen LogP contribution in [0, 0.1) is 12.8 Å². The van der Waals surface area contributed by atoms with Crippen LogP contribution in [0.25, 0.3) is 0 Å². The second kappa shape index (κ2) is 12.3. The summed E-state index contributed by atoms with van der Waals surface area (Å²) in [7, 11) is 0. The van der Waals surface area contributed by atoms with Crippen LogP contribution >= 0.6 is 58.0 Å². The molecule has 0 saturated carbocycles. The SMILES string of the molecule is Cc1ccc(C(=O)NCC2CCN(c3noc(C(Cl)(Cl)Cl)n3)CC2)cc1OCCc1ccc(Cl)cc1Cl.[HH]. The van der Waals surface area contributed by atoms with Crippen molar-refractivity contribution in [1.29, 1.82) is 0 Å². The second-order valence-corrected chi connectivity index (χ2v) is 12.0. The van der Waals surface area contributed by atoms with Gasteiger partial charge in [0, 0.05) is 43.1 Å². The van der Waals surface area contributed by atoms with E-state index in [0.717, 1.165) is 24.0 Å². The smallest absolute Gasteiger partial charge is 0.280 e. The highest BCUT2D eigenvalue weighted by Crippen LogP contribution is 2.37. The summed E-state index contributed by atoms with van der Waals surface area (Å²) >= 11 is 29.6. The third-order valence-electron chi connectivity index (χ3n) is 6.20. The lowest BCUT2D eigenvalue weighted by atomic mass is 9.97.